The van der Waals surface area contributed by atoms with E-state index in [2.05, 4.69) is 25.8 Å². The van der Waals surface area contributed by atoms with Crippen molar-refractivity contribution < 1.29 is 4.39 Å². The molecular weight excluding hydrogens is 433 g/mol. The molecule has 0 radical (unpaired) electrons. The molecule has 1 N–H and O–H groups in total. The zero-order valence-corrected chi connectivity index (χ0v) is 17.2. The number of fused-ring (bicyclic) bond motifs is 1. The molecule has 1 saturated heterocycles. The van der Waals surface area contributed by atoms with Gasteiger partial charge in [-0.05, 0) is 50.1 Å². The lowest BCUT2D eigenvalue weighted by molar-refractivity contribution is 0.141. The number of nitrogens with zero attached hydrogens (tertiary/aromatic N) is 2. The predicted octanol–water partition coefficient (Wildman–Crippen LogP) is 5.28. The number of benzene rings is 2. The van der Waals surface area contributed by atoms with E-state index in [-0.39, 0.29) is 23.6 Å². The number of hydrogen-bond acceptors (Lipinski definition) is 2. The van der Waals surface area contributed by atoms with Gasteiger partial charge in [-0.3, -0.25) is 9.47 Å². The van der Waals surface area contributed by atoms with Crippen molar-refractivity contribution in [2.45, 2.75) is 31.8 Å². The molecule has 0 aliphatic carbocycles. The average Bonchev–Trinajstić information content (AvgIpc) is 2.96. The Kier molecular flexibility index (Phi) is 5.14. The number of piperidine rings is 1. The van der Waals surface area contributed by atoms with Gasteiger partial charge in [0.1, 0.15) is 5.82 Å². The quantitative estimate of drug-likeness (QED) is 0.587. The lowest BCUT2D eigenvalue weighted by atomic mass is 9.99. The number of nitrogens with one attached hydrogen (secondary N) is 1. The summed E-state index contributed by atoms with van der Waals surface area (Å²) in [6.45, 7) is 3.63. The molecule has 142 valence electrons. The molecule has 4 rings (SSSR count). The minimum atomic E-state index is -0.269. The zero-order chi connectivity index (χ0) is 19.1. The third-order valence-corrected chi connectivity index (χ3v) is 6.23. The standard InChI is InChI=1S/C20H20BrClFN3O/c1-12(16-4-3-14(22)11-17(16)23)25-8-6-15(7-9-25)26-19-10-13(21)2-5-18(19)24-20(26)27/h2-5,10-12,15H,6-9H2,1H3,(H,24,27). The first-order valence-corrected chi connectivity index (χ1v) is 10.2. The number of likely N-dealkylation sites (tertiary alicyclic amines) is 1. The minimum absolute atomic E-state index is 0.0305. The Morgan fingerprint density at radius 1 is 1.22 bits per heavy atom. The first-order chi connectivity index (χ1) is 12.9. The molecule has 0 spiro atoms. The normalized spacial score (nSPS) is 17.5. The molecule has 0 amide bonds. The highest BCUT2D eigenvalue weighted by Gasteiger charge is 2.27. The fraction of sp³-hybridized carbons (Fsp3) is 0.350. The Labute approximate surface area is 170 Å². The third kappa shape index (κ3) is 3.58. The molecule has 1 fully saturated rings. The molecule has 27 heavy (non-hydrogen) atoms. The fourth-order valence-electron chi connectivity index (χ4n) is 4.03. The van der Waals surface area contributed by atoms with Gasteiger partial charge in [0, 0.05) is 40.2 Å². The molecule has 1 aliphatic rings. The van der Waals surface area contributed by atoms with Crippen molar-refractivity contribution in [2.75, 3.05) is 13.1 Å². The van der Waals surface area contributed by atoms with Crippen LogP contribution in [0, 0.1) is 5.82 Å². The Balaban J connectivity index is 1.53. The summed E-state index contributed by atoms with van der Waals surface area (Å²) in [5.41, 5.74) is 2.36. The van der Waals surface area contributed by atoms with Crippen LogP contribution in [0.1, 0.15) is 37.4 Å². The molecule has 4 nitrogen and oxygen atoms in total. The summed E-state index contributed by atoms with van der Waals surface area (Å²) in [5.74, 6) is -0.269. The van der Waals surface area contributed by atoms with Crippen LogP contribution in [0.5, 0.6) is 0 Å². The second kappa shape index (κ2) is 7.41. The van der Waals surface area contributed by atoms with Crippen molar-refractivity contribution in [3.63, 3.8) is 0 Å². The number of aromatic amines is 1. The molecular formula is C20H20BrClFN3O. The summed E-state index contributed by atoms with van der Waals surface area (Å²) < 4.78 is 17.1. The number of imidazole rings is 1. The smallest absolute Gasteiger partial charge is 0.306 e. The second-order valence-electron chi connectivity index (χ2n) is 7.07. The minimum Gasteiger partial charge on any atom is -0.306 e. The third-order valence-electron chi connectivity index (χ3n) is 5.50. The van der Waals surface area contributed by atoms with Crippen LogP contribution >= 0.6 is 27.5 Å². The molecule has 2 heterocycles. The number of hydrogen-bond donors (Lipinski definition) is 1. The summed E-state index contributed by atoms with van der Waals surface area (Å²) in [6, 6.07) is 10.8. The molecule has 2 aromatic carbocycles. The number of rotatable bonds is 3. The lowest BCUT2D eigenvalue weighted by Gasteiger charge is -2.36. The monoisotopic (exact) mass is 451 g/mol. The first-order valence-electron chi connectivity index (χ1n) is 9.03. The Hall–Kier alpha value is -1.63. The van der Waals surface area contributed by atoms with Gasteiger partial charge in [0.25, 0.3) is 0 Å². The van der Waals surface area contributed by atoms with E-state index in [9.17, 15) is 9.18 Å². The van der Waals surface area contributed by atoms with E-state index < -0.39 is 0 Å². The largest absolute Gasteiger partial charge is 0.326 e. The van der Waals surface area contributed by atoms with Crippen molar-refractivity contribution in [1.82, 2.24) is 14.5 Å². The molecule has 1 aliphatic heterocycles. The topological polar surface area (TPSA) is 41.0 Å². The van der Waals surface area contributed by atoms with E-state index in [0.717, 1.165) is 41.4 Å². The number of H-pyrrole nitrogens is 1. The van der Waals surface area contributed by atoms with Crippen molar-refractivity contribution >= 4 is 38.6 Å². The van der Waals surface area contributed by atoms with Gasteiger partial charge in [0.05, 0.1) is 11.0 Å². The van der Waals surface area contributed by atoms with Crippen LogP contribution in [-0.4, -0.2) is 27.5 Å². The van der Waals surface area contributed by atoms with Crippen molar-refractivity contribution in [1.29, 1.82) is 0 Å². The van der Waals surface area contributed by atoms with E-state index in [4.69, 9.17) is 11.6 Å². The predicted molar refractivity (Wildman–Crippen MR) is 110 cm³/mol. The molecule has 1 aromatic heterocycles. The van der Waals surface area contributed by atoms with E-state index in [1.165, 1.54) is 6.07 Å². The highest BCUT2D eigenvalue weighted by atomic mass is 79.9. The molecule has 1 atom stereocenters. The van der Waals surface area contributed by atoms with Crippen LogP contribution in [0.3, 0.4) is 0 Å². The maximum atomic E-state index is 14.3. The van der Waals surface area contributed by atoms with Gasteiger partial charge in [-0.25, -0.2) is 9.18 Å². The summed E-state index contributed by atoms with van der Waals surface area (Å²) in [4.78, 5) is 17.7. The summed E-state index contributed by atoms with van der Waals surface area (Å²) in [5, 5.41) is 0.409. The van der Waals surface area contributed by atoms with Gasteiger partial charge < -0.3 is 4.98 Å². The SMILES string of the molecule is CC(c1ccc(Cl)cc1F)N1CCC(n2c(=O)[nH]c3ccc(Br)cc32)CC1. The molecule has 0 saturated carbocycles. The molecule has 0 bridgehead atoms. The number of halogens is 3. The summed E-state index contributed by atoms with van der Waals surface area (Å²) in [7, 11) is 0. The Bertz CT molecular complexity index is 1040. The lowest BCUT2D eigenvalue weighted by Crippen LogP contribution is -2.38. The van der Waals surface area contributed by atoms with Crippen LogP contribution < -0.4 is 5.69 Å². The van der Waals surface area contributed by atoms with Gasteiger partial charge in [0.15, 0.2) is 0 Å². The van der Waals surface area contributed by atoms with E-state index in [0.29, 0.717) is 10.6 Å². The van der Waals surface area contributed by atoms with E-state index in [1.54, 1.807) is 12.1 Å². The highest BCUT2D eigenvalue weighted by molar-refractivity contribution is 9.10. The van der Waals surface area contributed by atoms with Crippen molar-refractivity contribution in [3.05, 3.63) is 67.8 Å². The van der Waals surface area contributed by atoms with Gasteiger partial charge in [-0.2, -0.15) is 0 Å². The van der Waals surface area contributed by atoms with Crippen LogP contribution in [0.15, 0.2) is 45.7 Å². The van der Waals surface area contributed by atoms with Gasteiger partial charge >= 0.3 is 5.69 Å². The average molecular weight is 453 g/mol. The van der Waals surface area contributed by atoms with Crippen LogP contribution in [-0.2, 0) is 0 Å². The first kappa shape index (κ1) is 18.7. The van der Waals surface area contributed by atoms with E-state index >= 15 is 0 Å². The summed E-state index contributed by atoms with van der Waals surface area (Å²) >= 11 is 9.35. The zero-order valence-electron chi connectivity index (χ0n) is 14.9. The highest BCUT2D eigenvalue weighted by Crippen LogP contribution is 2.32. The van der Waals surface area contributed by atoms with Crippen LogP contribution in [0.25, 0.3) is 11.0 Å². The molecule has 1 unspecified atom stereocenters. The summed E-state index contributed by atoms with van der Waals surface area (Å²) in [6.07, 6.45) is 1.69. The second-order valence-corrected chi connectivity index (χ2v) is 8.42. The van der Waals surface area contributed by atoms with Crippen LogP contribution in [0.4, 0.5) is 4.39 Å². The van der Waals surface area contributed by atoms with Crippen molar-refractivity contribution in [3.8, 4) is 0 Å². The van der Waals surface area contributed by atoms with Crippen molar-refractivity contribution in [2.24, 2.45) is 0 Å². The van der Waals surface area contributed by atoms with Crippen LogP contribution in [0.2, 0.25) is 5.02 Å². The molecule has 3 aromatic rings. The van der Waals surface area contributed by atoms with Gasteiger partial charge in [0.2, 0.25) is 0 Å². The maximum absolute atomic E-state index is 14.3. The van der Waals surface area contributed by atoms with Gasteiger partial charge in [-0.1, -0.05) is 33.6 Å². The molecule has 7 heteroatoms. The van der Waals surface area contributed by atoms with E-state index in [1.807, 2.05) is 29.7 Å². The fourth-order valence-corrected chi connectivity index (χ4v) is 4.53. The Morgan fingerprint density at radius 2 is 1.96 bits per heavy atom. The Morgan fingerprint density at radius 3 is 2.67 bits per heavy atom. The maximum Gasteiger partial charge on any atom is 0.326 e. The van der Waals surface area contributed by atoms with Gasteiger partial charge in [-0.15, -0.1) is 0 Å². The number of aromatic nitrogens is 2.